The van der Waals surface area contributed by atoms with Crippen molar-refractivity contribution in [2.45, 2.75) is 19.8 Å². The fraction of sp³-hybridized carbons (Fsp3) is 0.286. The maximum atomic E-state index is 12.5. The van der Waals surface area contributed by atoms with Crippen molar-refractivity contribution in [3.05, 3.63) is 41.5 Å². The van der Waals surface area contributed by atoms with E-state index in [4.69, 9.17) is 0 Å². The first-order valence-corrected chi connectivity index (χ1v) is 5.55. The van der Waals surface area contributed by atoms with Crippen molar-refractivity contribution in [3.63, 3.8) is 0 Å². The van der Waals surface area contributed by atoms with Gasteiger partial charge >= 0.3 is 0 Å². The van der Waals surface area contributed by atoms with Gasteiger partial charge < -0.3 is 5.11 Å². The summed E-state index contributed by atoms with van der Waals surface area (Å²) in [4.78, 5) is 0. The number of halogens is 1. The number of aromatic hydroxyl groups is 1. The molecule has 2 aromatic rings. The number of fused-ring (bicyclic) bond motifs is 1. The van der Waals surface area contributed by atoms with Crippen LogP contribution in [0.5, 0.6) is 5.75 Å². The predicted molar refractivity (Wildman–Crippen MR) is 64.7 cm³/mol. The Kier molecular flexibility index (Phi) is 3.09. The van der Waals surface area contributed by atoms with E-state index in [1.165, 1.54) is 0 Å². The molecule has 0 aliphatic heterocycles. The first kappa shape index (κ1) is 10.9. The van der Waals surface area contributed by atoms with Crippen molar-refractivity contribution in [1.29, 1.82) is 0 Å². The number of phenols is 1. The Morgan fingerprint density at radius 3 is 2.69 bits per heavy atom. The van der Waals surface area contributed by atoms with Gasteiger partial charge in [0, 0.05) is 6.42 Å². The summed E-state index contributed by atoms with van der Waals surface area (Å²) in [6.07, 6.45) is 1.28. The molecule has 0 radical (unpaired) electrons. The van der Waals surface area contributed by atoms with Crippen molar-refractivity contribution in [2.75, 3.05) is 6.67 Å². The van der Waals surface area contributed by atoms with Gasteiger partial charge in [-0.2, -0.15) is 0 Å². The highest BCUT2D eigenvalue weighted by atomic mass is 19.1. The molecule has 0 aliphatic rings. The van der Waals surface area contributed by atoms with Crippen molar-refractivity contribution in [1.82, 2.24) is 0 Å². The molecule has 0 saturated heterocycles. The van der Waals surface area contributed by atoms with E-state index in [1.54, 1.807) is 12.1 Å². The topological polar surface area (TPSA) is 20.2 Å². The number of benzene rings is 2. The SMILES string of the molecule is CCc1cc(O)cc2cccc(CCF)c12. The predicted octanol–water partition coefficient (Wildman–Crippen LogP) is 3.62. The van der Waals surface area contributed by atoms with Crippen LogP contribution in [0.4, 0.5) is 4.39 Å². The zero-order valence-electron chi connectivity index (χ0n) is 9.33. The van der Waals surface area contributed by atoms with Crippen LogP contribution < -0.4 is 0 Å². The Hall–Kier alpha value is -1.57. The summed E-state index contributed by atoms with van der Waals surface area (Å²) in [6, 6.07) is 9.32. The van der Waals surface area contributed by atoms with E-state index in [-0.39, 0.29) is 12.4 Å². The van der Waals surface area contributed by atoms with Crippen molar-refractivity contribution >= 4 is 10.8 Å². The molecule has 16 heavy (non-hydrogen) atoms. The number of hydrogen-bond acceptors (Lipinski definition) is 1. The second-order valence-electron chi connectivity index (χ2n) is 3.91. The molecule has 2 rings (SSSR count). The third-order valence-electron chi connectivity index (χ3n) is 2.87. The molecular weight excluding hydrogens is 203 g/mol. The molecule has 1 N–H and O–H groups in total. The molecule has 0 spiro atoms. The van der Waals surface area contributed by atoms with Gasteiger partial charge in [0.25, 0.3) is 0 Å². The Morgan fingerprint density at radius 2 is 2.00 bits per heavy atom. The number of aryl methyl sites for hydroxylation is 2. The molecule has 0 heterocycles. The van der Waals surface area contributed by atoms with Crippen molar-refractivity contribution in [2.24, 2.45) is 0 Å². The summed E-state index contributed by atoms with van der Waals surface area (Å²) in [6.45, 7) is 1.70. The van der Waals surface area contributed by atoms with E-state index in [1.807, 2.05) is 25.1 Å². The monoisotopic (exact) mass is 218 g/mol. The molecule has 2 aromatic carbocycles. The molecule has 0 fully saturated rings. The second kappa shape index (κ2) is 4.52. The maximum absolute atomic E-state index is 12.5. The zero-order valence-corrected chi connectivity index (χ0v) is 9.33. The molecular formula is C14H15FO. The van der Waals surface area contributed by atoms with E-state index in [2.05, 4.69) is 0 Å². The lowest BCUT2D eigenvalue weighted by molar-refractivity contribution is 0.475. The van der Waals surface area contributed by atoms with Crippen LogP contribution >= 0.6 is 0 Å². The van der Waals surface area contributed by atoms with E-state index in [9.17, 15) is 9.50 Å². The van der Waals surface area contributed by atoms with Crippen LogP contribution in [-0.4, -0.2) is 11.8 Å². The number of rotatable bonds is 3. The number of hydrogen-bond donors (Lipinski definition) is 1. The van der Waals surface area contributed by atoms with Gasteiger partial charge in [-0.3, -0.25) is 4.39 Å². The minimum Gasteiger partial charge on any atom is -0.508 e. The first-order valence-electron chi connectivity index (χ1n) is 5.55. The van der Waals surface area contributed by atoms with E-state index in [0.717, 1.165) is 28.3 Å². The zero-order chi connectivity index (χ0) is 11.5. The summed E-state index contributed by atoms with van der Waals surface area (Å²) in [5.41, 5.74) is 2.11. The molecule has 0 aliphatic carbocycles. The average Bonchev–Trinajstić information content (AvgIpc) is 2.28. The quantitative estimate of drug-likeness (QED) is 0.834. The van der Waals surface area contributed by atoms with Crippen LogP contribution in [-0.2, 0) is 12.8 Å². The van der Waals surface area contributed by atoms with Gasteiger partial charge in [0.15, 0.2) is 0 Å². The summed E-state index contributed by atoms with van der Waals surface area (Å²) in [7, 11) is 0. The standard InChI is InChI=1S/C14H15FO/c1-2-10-8-13(16)9-12-5-3-4-11(6-7-15)14(10)12/h3-5,8-9,16H,2,6-7H2,1H3. The molecule has 0 bridgehead atoms. The Bertz CT molecular complexity index is 505. The van der Waals surface area contributed by atoms with Crippen molar-refractivity contribution < 1.29 is 9.50 Å². The minimum atomic E-state index is -0.344. The van der Waals surface area contributed by atoms with E-state index >= 15 is 0 Å². The normalized spacial score (nSPS) is 10.9. The van der Waals surface area contributed by atoms with Crippen molar-refractivity contribution in [3.8, 4) is 5.75 Å². The average molecular weight is 218 g/mol. The molecule has 0 saturated carbocycles. The lowest BCUT2D eigenvalue weighted by Crippen LogP contribution is -1.93. The Morgan fingerprint density at radius 1 is 1.19 bits per heavy atom. The molecule has 2 heteroatoms. The van der Waals surface area contributed by atoms with Crippen LogP contribution in [0.2, 0.25) is 0 Å². The highest BCUT2D eigenvalue weighted by Crippen LogP contribution is 2.28. The third kappa shape index (κ3) is 1.87. The number of alkyl halides is 1. The summed E-state index contributed by atoms with van der Waals surface area (Å²) < 4.78 is 12.5. The fourth-order valence-corrected chi connectivity index (χ4v) is 2.17. The van der Waals surface area contributed by atoms with Crippen LogP contribution in [0.1, 0.15) is 18.1 Å². The lowest BCUT2D eigenvalue weighted by Gasteiger charge is -2.10. The minimum absolute atomic E-state index is 0.279. The Balaban J connectivity index is 2.73. The lowest BCUT2D eigenvalue weighted by atomic mass is 9.96. The summed E-state index contributed by atoms with van der Waals surface area (Å²) >= 11 is 0. The Labute approximate surface area is 94.5 Å². The highest BCUT2D eigenvalue weighted by molar-refractivity contribution is 5.90. The maximum Gasteiger partial charge on any atom is 0.116 e. The first-order chi connectivity index (χ1) is 7.76. The van der Waals surface area contributed by atoms with Crippen LogP contribution in [0, 0.1) is 0 Å². The molecule has 0 aromatic heterocycles. The van der Waals surface area contributed by atoms with Crippen LogP contribution in [0.3, 0.4) is 0 Å². The molecule has 1 nitrogen and oxygen atoms in total. The van der Waals surface area contributed by atoms with E-state index in [0.29, 0.717) is 6.42 Å². The summed E-state index contributed by atoms with van der Waals surface area (Å²) in [5, 5.41) is 11.7. The fourth-order valence-electron chi connectivity index (χ4n) is 2.17. The van der Waals surface area contributed by atoms with Gasteiger partial charge in [-0.25, -0.2) is 0 Å². The van der Waals surface area contributed by atoms with Gasteiger partial charge in [-0.05, 0) is 40.5 Å². The molecule has 0 atom stereocenters. The third-order valence-corrected chi connectivity index (χ3v) is 2.87. The largest absolute Gasteiger partial charge is 0.508 e. The highest BCUT2D eigenvalue weighted by Gasteiger charge is 2.07. The summed E-state index contributed by atoms with van der Waals surface area (Å²) in [5.74, 6) is 0.279. The smallest absolute Gasteiger partial charge is 0.116 e. The van der Waals surface area contributed by atoms with Gasteiger partial charge in [-0.1, -0.05) is 25.1 Å². The van der Waals surface area contributed by atoms with E-state index < -0.39 is 0 Å². The van der Waals surface area contributed by atoms with Crippen LogP contribution in [0.25, 0.3) is 10.8 Å². The molecule has 0 unspecified atom stereocenters. The molecule has 0 amide bonds. The second-order valence-corrected chi connectivity index (χ2v) is 3.91. The molecule has 84 valence electrons. The number of phenolic OH excluding ortho intramolecular Hbond substituents is 1. The van der Waals surface area contributed by atoms with Gasteiger partial charge in [0.05, 0.1) is 6.67 Å². The van der Waals surface area contributed by atoms with Gasteiger partial charge in [0.1, 0.15) is 5.75 Å². The van der Waals surface area contributed by atoms with Gasteiger partial charge in [-0.15, -0.1) is 0 Å². The van der Waals surface area contributed by atoms with Gasteiger partial charge in [0.2, 0.25) is 0 Å². The van der Waals surface area contributed by atoms with Crippen LogP contribution in [0.15, 0.2) is 30.3 Å².